The maximum atomic E-state index is 12.8. The Bertz CT molecular complexity index is 1290. The van der Waals surface area contributed by atoms with Crippen LogP contribution < -0.4 is 5.32 Å². The van der Waals surface area contributed by atoms with E-state index in [1.54, 1.807) is 17.1 Å². The first-order chi connectivity index (χ1) is 16.8. The van der Waals surface area contributed by atoms with Gasteiger partial charge in [0.2, 0.25) is 0 Å². The lowest BCUT2D eigenvalue weighted by Gasteiger charge is -2.31. The first-order valence-corrected chi connectivity index (χ1v) is 11.7. The van der Waals surface area contributed by atoms with Crippen LogP contribution >= 0.6 is 0 Å². The van der Waals surface area contributed by atoms with Gasteiger partial charge >= 0.3 is 6.18 Å². The Kier molecular flexibility index (Phi) is 6.29. The molecule has 35 heavy (non-hydrogen) atoms. The number of benzene rings is 2. The van der Waals surface area contributed by atoms with E-state index in [4.69, 9.17) is 0 Å². The van der Waals surface area contributed by atoms with Crippen LogP contribution in [-0.2, 0) is 6.18 Å². The summed E-state index contributed by atoms with van der Waals surface area (Å²) < 4.78 is 40.1. The van der Waals surface area contributed by atoms with Crippen molar-refractivity contribution in [1.29, 1.82) is 0 Å². The van der Waals surface area contributed by atoms with Crippen LogP contribution in [0.15, 0.2) is 61.1 Å². The molecule has 1 fully saturated rings. The van der Waals surface area contributed by atoms with Crippen molar-refractivity contribution in [3.05, 3.63) is 66.6 Å². The van der Waals surface area contributed by atoms with Crippen molar-refractivity contribution >= 4 is 16.6 Å². The van der Waals surface area contributed by atoms with Crippen LogP contribution in [0.1, 0.15) is 31.2 Å². The van der Waals surface area contributed by atoms with Gasteiger partial charge in [-0.2, -0.15) is 18.3 Å². The lowest BCUT2D eigenvalue weighted by molar-refractivity contribution is -0.137. The first-order valence-electron chi connectivity index (χ1n) is 11.7. The van der Waals surface area contributed by atoms with E-state index in [0.717, 1.165) is 65.5 Å². The zero-order valence-corrected chi connectivity index (χ0v) is 19.0. The molecular weight excluding hydrogens is 457 g/mol. The summed E-state index contributed by atoms with van der Waals surface area (Å²) in [7, 11) is 0. The number of halogens is 3. The van der Waals surface area contributed by atoms with E-state index in [0.29, 0.717) is 11.6 Å². The highest BCUT2D eigenvalue weighted by molar-refractivity contribution is 5.95. The number of H-pyrrole nitrogens is 1. The predicted octanol–water partition coefficient (Wildman–Crippen LogP) is 5.57. The fraction of sp³-hybridized carbons (Fsp3) is 0.346. The Morgan fingerprint density at radius 1 is 1.06 bits per heavy atom. The number of nitrogens with one attached hydrogen (secondary N) is 2. The monoisotopic (exact) mass is 484 g/mol. The second kappa shape index (κ2) is 9.39. The van der Waals surface area contributed by atoms with E-state index in [1.165, 1.54) is 12.1 Å². The van der Waals surface area contributed by atoms with Crippen molar-refractivity contribution in [2.75, 3.05) is 11.9 Å². The van der Waals surface area contributed by atoms with Crippen molar-refractivity contribution in [3.63, 3.8) is 0 Å². The average molecular weight is 485 g/mol. The molecule has 0 radical (unpaired) electrons. The van der Waals surface area contributed by atoms with Gasteiger partial charge in [-0.05, 0) is 73.6 Å². The molecule has 1 aliphatic carbocycles. The van der Waals surface area contributed by atoms with Crippen LogP contribution in [0.4, 0.5) is 18.9 Å². The Balaban J connectivity index is 1.34. The van der Waals surface area contributed by atoms with Crippen LogP contribution in [0.25, 0.3) is 27.7 Å². The maximum Gasteiger partial charge on any atom is 0.416 e. The molecular formula is C26H27F3N4O2. The predicted molar refractivity (Wildman–Crippen MR) is 128 cm³/mol. The number of aromatic amines is 1. The summed E-state index contributed by atoms with van der Waals surface area (Å²) >= 11 is 0. The third-order valence-corrected chi connectivity index (χ3v) is 6.96. The zero-order chi connectivity index (χ0) is 24.6. The lowest BCUT2D eigenvalue weighted by atomic mass is 9.81. The van der Waals surface area contributed by atoms with Crippen LogP contribution in [0.3, 0.4) is 0 Å². The molecule has 1 atom stereocenters. The van der Waals surface area contributed by atoms with Crippen molar-refractivity contribution in [2.24, 2.45) is 11.8 Å². The number of nitrogens with zero attached hydrogens (tertiary/aromatic N) is 2. The minimum absolute atomic E-state index is 0.132. The van der Waals surface area contributed by atoms with E-state index in [9.17, 15) is 23.4 Å². The largest absolute Gasteiger partial charge is 0.416 e. The first kappa shape index (κ1) is 23.4. The number of alkyl halides is 3. The van der Waals surface area contributed by atoms with E-state index in [2.05, 4.69) is 15.4 Å². The third-order valence-electron chi connectivity index (χ3n) is 6.96. The molecule has 2 aromatic carbocycles. The molecule has 0 bridgehead atoms. The van der Waals surface area contributed by atoms with E-state index in [-0.39, 0.29) is 12.5 Å². The van der Waals surface area contributed by atoms with Gasteiger partial charge in [0.25, 0.3) is 0 Å². The van der Waals surface area contributed by atoms with E-state index < -0.39 is 18.0 Å². The summed E-state index contributed by atoms with van der Waals surface area (Å²) in [6.45, 7) is 0.205. The summed E-state index contributed by atoms with van der Waals surface area (Å²) in [5.74, 6) is 0.463. The molecule has 6 nitrogen and oxygen atoms in total. The average Bonchev–Trinajstić information content (AvgIpc) is 3.51. The molecule has 4 N–H and O–H groups in total. The summed E-state index contributed by atoms with van der Waals surface area (Å²) in [6, 6.07) is 10.8. The van der Waals surface area contributed by atoms with Gasteiger partial charge in [0.1, 0.15) is 6.23 Å². The summed E-state index contributed by atoms with van der Waals surface area (Å²) in [4.78, 5) is 3.22. The van der Waals surface area contributed by atoms with Gasteiger partial charge in [-0.25, -0.2) is 4.68 Å². The Hall–Kier alpha value is -3.30. The third kappa shape index (κ3) is 4.92. The minimum atomic E-state index is -4.38. The Morgan fingerprint density at radius 2 is 1.80 bits per heavy atom. The quantitative estimate of drug-likeness (QED) is 0.270. The van der Waals surface area contributed by atoms with Gasteiger partial charge in [0.05, 0.1) is 23.1 Å². The number of aromatic nitrogens is 3. The van der Waals surface area contributed by atoms with Crippen molar-refractivity contribution in [3.8, 4) is 16.8 Å². The van der Waals surface area contributed by atoms with Crippen LogP contribution in [0.2, 0.25) is 0 Å². The fourth-order valence-electron chi connectivity index (χ4n) is 4.80. The molecule has 9 heteroatoms. The highest BCUT2D eigenvalue weighted by Gasteiger charge is 2.30. The zero-order valence-electron chi connectivity index (χ0n) is 19.0. The lowest BCUT2D eigenvalue weighted by Crippen LogP contribution is -2.32. The molecule has 2 aromatic heterocycles. The van der Waals surface area contributed by atoms with Crippen molar-refractivity contribution in [1.82, 2.24) is 14.8 Å². The molecule has 1 unspecified atom stereocenters. The molecule has 0 aliphatic heterocycles. The van der Waals surface area contributed by atoms with Gasteiger partial charge in [-0.1, -0.05) is 6.07 Å². The van der Waals surface area contributed by atoms with Gasteiger partial charge in [-0.15, -0.1) is 0 Å². The van der Waals surface area contributed by atoms with Gasteiger partial charge in [0, 0.05) is 41.4 Å². The second-order valence-electron chi connectivity index (χ2n) is 9.23. The fourth-order valence-corrected chi connectivity index (χ4v) is 4.80. The number of hydrogen-bond donors (Lipinski definition) is 4. The second-order valence-corrected chi connectivity index (χ2v) is 9.23. The molecule has 5 rings (SSSR count). The molecule has 2 heterocycles. The SMILES string of the molecule is OCC1CCC(C(O)Nc2c[nH]c3ccc(-c4cnn(-c5ccc(C(F)(F)F)cc5)c4)cc23)CC1. The molecule has 0 spiro atoms. The maximum absolute atomic E-state index is 12.8. The molecule has 1 aliphatic rings. The highest BCUT2D eigenvalue weighted by Crippen LogP contribution is 2.34. The highest BCUT2D eigenvalue weighted by atomic mass is 19.4. The normalized spacial score (nSPS) is 19.7. The van der Waals surface area contributed by atoms with E-state index >= 15 is 0 Å². The number of aliphatic hydroxyl groups excluding tert-OH is 2. The molecule has 0 amide bonds. The molecule has 0 saturated heterocycles. The van der Waals surface area contributed by atoms with Gasteiger partial charge in [-0.3, -0.25) is 0 Å². The van der Waals surface area contributed by atoms with Crippen LogP contribution in [-0.4, -0.2) is 37.8 Å². The van der Waals surface area contributed by atoms with Gasteiger partial charge < -0.3 is 20.5 Å². The number of aliphatic hydroxyl groups is 2. The van der Waals surface area contributed by atoms with Gasteiger partial charge in [0.15, 0.2) is 0 Å². The summed E-state index contributed by atoms with van der Waals surface area (Å²) in [5, 5.41) is 28.6. The van der Waals surface area contributed by atoms with Crippen molar-refractivity contribution < 1.29 is 23.4 Å². The van der Waals surface area contributed by atoms with Crippen molar-refractivity contribution in [2.45, 2.75) is 38.1 Å². The number of rotatable bonds is 6. The minimum Gasteiger partial charge on any atom is -0.396 e. The van der Waals surface area contributed by atoms with Crippen LogP contribution in [0, 0.1) is 11.8 Å². The van der Waals surface area contributed by atoms with Crippen LogP contribution in [0.5, 0.6) is 0 Å². The topological polar surface area (TPSA) is 86.1 Å². The number of fused-ring (bicyclic) bond motifs is 1. The number of hydrogen-bond acceptors (Lipinski definition) is 4. The number of anilines is 1. The van der Waals surface area contributed by atoms with E-state index in [1.807, 2.05) is 24.4 Å². The molecule has 4 aromatic rings. The standard InChI is InChI=1S/C26H27F3N4O2/c27-26(28,29)20-6-8-21(9-7-20)33-14-19(12-31-33)18-5-10-23-22(11-18)24(13-30-23)32-25(35)17-3-1-16(15-34)2-4-17/h5-14,16-17,25,30,32,34-35H,1-4,15H2. The molecule has 184 valence electrons. The smallest absolute Gasteiger partial charge is 0.396 e. The summed E-state index contributed by atoms with van der Waals surface area (Å²) in [5.41, 5.74) is 3.28. The Labute approximate surface area is 200 Å². The summed E-state index contributed by atoms with van der Waals surface area (Å²) in [6.07, 6.45) is 3.80. The Morgan fingerprint density at radius 3 is 2.49 bits per heavy atom. The molecule has 1 saturated carbocycles.